The van der Waals surface area contributed by atoms with Crippen LogP contribution in [0.5, 0.6) is 5.75 Å². The summed E-state index contributed by atoms with van der Waals surface area (Å²) in [4.78, 5) is 11.7. The van der Waals surface area contributed by atoms with Crippen molar-refractivity contribution in [3.8, 4) is 11.4 Å². The van der Waals surface area contributed by atoms with Crippen molar-refractivity contribution >= 4 is 5.78 Å². The number of Topliss-reactive ketones (excluding diaryl/α,β-unsaturated/α-hetero) is 1. The summed E-state index contributed by atoms with van der Waals surface area (Å²) in [5, 5.41) is 13.5. The predicted molar refractivity (Wildman–Crippen MR) is 62.5 cm³/mol. The molecular weight excluding hydrogens is 216 g/mol. The fourth-order valence-corrected chi connectivity index (χ4v) is 2.21. The van der Waals surface area contributed by atoms with E-state index in [0.717, 1.165) is 29.8 Å². The minimum Gasteiger partial charge on any atom is -0.508 e. The van der Waals surface area contributed by atoms with Gasteiger partial charge in [0, 0.05) is 6.42 Å². The molecule has 0 fully saturated rings. The highest BCUT2D eigenvalue weighted by Crippen LogP contribution is 2.24. The van der Waals surface area contributed by atoms with E-state index in [4.69, 9.17) is 0 Å². The molecule has 1 aliphatic carbocycles. The number of ketones is 1. The summed E-state index contributed by atoms with van der Waals surface area (Å²) in [6.45, 7) is 0. The van der Waals surface area contributed by atoms with Gasteiger partial charge in [-0.15, -0.1) is 0 Å². The lowest BCUT2D eigenvalue weighted by Gasteiger charge is -2.13. The van der Waals surface area contributed by atoms with Gasteiger partial charge in [0.15, 0.2) is 5.78 Å². The van der Waals surface area contributed by atoms with E-state index in [9.17, 15) is 9.90 Å². The number of hydrogen-bond donors (Lipinski definition) is 1. The molecule has 1 aliphatic rings. The first-order chi connectivity index (χ1) is 8.25. The van der Waals surface area contributed by atoms with Crippen molar-refractivity contribution in [3.05, 3.63) is 41.7 Å². The second-order valence-electron chi connectivity index (χ2n) is 4.21. The Labute approximate surface area is 98.5 Å². The van der Waals surface area contributed by atoms with Crippen LogP contribution < -0.4 is 0 Å². The first kappa shape index (κ1) is 10.1. The van der Waals surface area contributed by atoms with Gasteiger partial charge in [-0.3, -0.25) is 4.79 Å². The van der Waals surface area contributed by atoms with Crippen molar-refractivity contribution in [2.45, 2.75) is 19.3 Å². The van der Waals surface area contributed by atoms with Crippen LogP contribution in [0.3, 0.4) is 0 Å². The lowest BCUT2D eigenvalue weighted by molar-refractivity contribution is 0.0972. The van der Waals surface area contributed by atoms with Crippen LogP contribution in [0.2, 0.25) is 0 Å². The normalized spacial score (nSPS) is 14.7. The molecule has 0 amide bonds. The van der Waals surface area contributed by atoms with E-state index in [1.54, 1.807) is 35.1 Å². The zero-order chi connectivity index (χ0) is 11.8. The summed E-state index contributed by atoms with van der Waals surface area (Å²) in [7, 11) is 0. The van der Waals surface area contributed by atoms with Gasteiger partial charge in [-0.2, -0.15) is 5.10 Å². The van der Waals surface area contributed by atoms with Gasteiger partial charge in [0.05, 0.1) is 23.1 Å². The monoisotopic (exact) mass is 228 g/mol. The Balaban J connectivity index is 2.10. The molecule has 1 aromatic heterocycles. The van der Waals surface area contributed by atoms with Crippen LogP contribution in [0.25, 0.3) is 5.69 Å². The number of aromatic hydroxyl groups is 1. The van der Waals surface area contributed by atoms with E-state index in [2.05, 4.69) is 5.10 Å². The van der Waals surface area contributed by atoms with Gasteiger partial charge in [-0.05, 0) is 37.1 Å². The van der Waals surface area contributed by atoms with E-state index in [1.807, 2.05) is 0 Å². The number of aromatic nitrogens is 2. The first-order valence-corrected chi connectivity index (χ1v) is 5.65. The number of hydrogen-bond acceptors (Lipinski definition) is 3. The molecule has 0 bridgehead atoms. The third kappa shape index (κ3) is 1.62. The van der Waals surface area contributed by atoms with Crippen molar-refractivity contribution in [2.24, 2.45) is 0 Å². The van der Waals surface area contributed by atoms with Crippen LogP contribution in [-0.4, -0.2) is 20.7 Å². The third-order valence-electron chi connectivity index (χ3n) is 3.08. The summed E-state index contributed by atoms with van der Waals surface area (Å²) in [5.41, 5.74) is 2.59. The lowest BCUT2D eigenvalue weighted by Crippen LogP contribution is -2.12. The summed E-state index contributed by atoms with van der Waals surface area (Å²) in [6.07, 6.45) is 4.02. The van der Waals surface area contributed by atoms with Gasteiger partial charge in [0.2, 0.25) is 0 Å². The smallest absolute Gasteiger partial charge is 0.166 e. The summed E-state index contributed by atoms with van der Waals surface area (Å²) < 4.78 is 1.78. The van der Waals surface area contributed by atoms with Crippen LogP contribution in [-0.2, 0) is 6.42 Å². The van der Waals surface area contributed by atoms with E-state index in [-0.39, 0.29) is 11.5 Å². The summed E-state index contributed by atoms with van der Waals surface area (Å²) in [6, 6.07) is 6.82. The Kier molecular flexibility index (Phi) is 2.21. The van der Waals surface area contributed by atoms with Crippen LogP contribution in [0, 0.1) is 0 Å². The molecule has 0 unspecified atom stereocenters. The average molecular weight is 228 g/mol. The average Bonchev–Trinajstić information content (AvgIpc) is 2.75. The molecule has 1 heterocycles. The molecular formula is C13H12N2O2. The largest absolute Gasteiger partial charge is 0.508 e. The van der Waals surface area contributed by atoms with Gasteiger partial charge in [-0.1, -0.05) is 0 Å². The Morgan fingerprint density at radius 3 is 2.71 bits per heavy atom. The minimum atomic E-state index is 0.177. The van der Waals surface area contributed by atoms with Gasteiger partial charge in [0.1, 0.15) is 5.75 Å². The molecule has 1 aromatic carbocycles. The zero-order valence-electron chi connectivity index (χ0n) is 9.26. The topological polar surface area (TPSA) is 55.1 Å². The third-order valence-corrected chi connectivity index (χ3v) is 3.08. The number of phenolic OH excluding ortho intramolecular Hbond substituents is 1. The number of benzene rings is 1. The maximum Gasteiger partial charge on any atom is 0.166 e. The Bertz CT molecular complexity index is 570. The molecule has 0 radical (unpaired) electrons. The second kappa shape index (κ2) is 3.73. The van der Waals surface area contributed by atoms with Gasteiger partial charge in [-0.25, -0.2) is 4.68 Å². The van der Waals surface area contributed by atoms with Gasteiger partial charge >= 0.3 is 0 Å². The molecule has 3 rings (SSSR count). The molecule has 0 saturated heterocycles. The highest BCUT2D eigenvalue weighted by molar-refractivity contribution is 5.98. The lowest BCUT2D eigenvalue weighted by atomic mass is 9.97. The molecule has 4 heteroatoms. The highest BCUT2D eigenvalue weighted by atomic mass is 16.3. The van der Waals surface area contributed by atoms with Crippen molar-refractivity contribution in [3.63, 3.8) is 0 Å². The number of carbonyl (C=O) groups is 1. The zero-order valence-corrected chi connectivity index (χ0v) is 9.26. The summed E-state index contributed by atoms with van der Waals surface area (Å²) >= 11 is 0. The van der Waals surface area contributed by atoms with Crippen LogP contribution >= 0.6 is 0 Å². The molecule has 1 N–H and O–H groups in total. The Morgan fingerprint density at radius 2 is 1.94 bits per heavy atom. The highest BCUT2D eigenvalue weighted by Gasteiger charge is 2.22. The molecule has 17 heavy (non-hydrogen) atoms. The van der Waals surface area contributed by atoms with Crippen molar-refractivity contribution in [2.75, 3.05) is 0 Å². The van der Waals surface area contributed by atoms with Crippen molar-refractivity contribution < 1.29 is 9.90 Å². The Hall–Kier alpha value is -2.10. The molecule has 2 aromatic rings. The van der Waals surface area contributed by atoms with Crippen LogP contribution in [0.4, 0.5) is 0 Å². The molecule has 0 spiro atoms. The maximum absolute atomic E-state index is 11.7. The maximum atomic E-state index is 11.7. The Morgan fingerprint density at radius 1 is 1.18 bits per heavy atom. The van der Waals surface area contributed by atoms with Gasteiger partial charge in [0.25, 0.3) is 0 Å². The fourth-order valence-electron chi connectivity index (χ4n) is 2.21. The fraction of sp³-hybridized carbons (Fsp3) is 0.231. The second-order valence-corrected chi connectivity index (χ2v) is 4.21. The molecule has 0 atom stereocenters. The summed E-state index contributed by atoms with van der Waals surface area (Å²) in [5.74, 6) is 0.405. The van der Waals surface area contributed by atoms with Gasteiger partial charge < -0.3 is 5.11 Å². The van der Waals surface area contributed by atoms with Crippen LogP contribution in [0.15, 0.2) is 30.5 Å². The standard InChI is InChI=1S/C13H12N2O2/c16-10-6-4-9(5-7-10)15-12-2-1-3-13(17)11(12)8-14-15/h4-8,16H,1-3H2. The number of nitrogens with zero attached hydrogens (tertiary/aromatic N) is 2. The number of phenols is 1. The number of carbonyl (C=O) groups excluding carboxylic acids is 1. The van der Waals surface area contributed by atoms with Crippen molar-refractivity contribution in [1.82, 2.24) is 9.78 Å². The van der Waals surface area contributed by atoms with E-state index in [1.165, 1.54) is 0 Å². The number of rotatable bonds is 1. The quantitative estimate of drug-likeness (QED) is 0.813. The number of fused-ring (bicyclic) bond motifs is 1. The minimum absolute atomic E-state index is 0.177. The van der Waals surface area contributed by atoms with E-state index in [0.29, 0.717) is 6.42 Å². The van der Waals surface area contributed by atoms with E-state index >= 15 is 0 Å². The van der Waals surface area contributed by atoms with Crippen LogP contribution in [0.1, 0.15) is 28.9 Å². The molecule has 86 valence electrons. The molecule has 4 nitrogen and oxygen atoms in total. The first-order valence-electron chi connectivity index (χ1n) is 5.65. The predicted octanol–water partition coefficient (Wildman–Crippen LogP) is 2.10. The SMILES string of the molecule is O=C1CCCc2c1cnn2-c1ccc(O)cc1. The van der Waals surface area contributed by atoms with Crippen molar-refractivity contribution in [1.29, 1.82) is 0 Å². The van der Waals surface area contributed by atoms with E-state index < -0.39 is 0 Å². The molecule has 0 aliphatic heterocycles. The molecule has 0 saturated carbocycles.